The third kappa shape index (κ3) is 4.14. The lowest BCUT2D eigenvalue weighted by atomic mass is 10.0. The Labute approximate surface area is 193 Å². The fraction of sp³-hybridized carbons (Fsp3) is 0.429. The van der Waals surface area contributed by atoms with Crippen LogP contribution in [0.2, 0.25) is 5.02 Å². The molecule has 3 aromatic heterocycles. The average molecular weight is 476 g/mol. The molecule has 2 aliphatic rings. The summed E-state index contributed by atoms with van der Waals surface area (Å²) in [7, 11) is 0. The Balaban J connectivity index is 1.42. The summed E-state index contributed by atoms with van der Waals surface area (Å²) in [6.45, 7) is 3.65. The van der Waals surface area contributed by atoms with Crippen LogP contribution in [0.15, 0.2) is 17.0 Å². The Morgan fingerprint density at radius 1 is 1.32 bits per heavy atom. The molecule has 0 unspecified atom stereocenters. The van der Waals surface area contributed by atoms with Crippen LogP contribution < -0.4 is 5.32 Å². The molecule has 2 amide bonds. The Hall–Kier alpha value is -2.23. The van der Waals surface area contributed by atoms with Crippen molar-refractivity contribution in [2.75, 3.05) is 6.54 Å². The molecule has 10 heteroatoms. The average Bonchev–Trinajstić information content (AvgIpc) is 3.15. The van der Waals surface area contributed by atoms with E-state index in [1.54, 1.807) is 22.3 Å². The van der Waals surface area contributed by atoms with Gasteiger partial charge in [0.1, 0.15) is 4.88 Å². The Kier molecular flexibility index (Phi) is 5.58. The van der Waals surface area contributed by atoms with Crippen molar-refractivity contribution in [1.29, 1.82) is 0 Å². The summed E-state index contributed by atoms with van der Waals surface area (Å²) in [5, 5.41) is 10.0. The topological polar surface area (TPSA) is 80.1 Å². The van der Waals surface area contributed by atoms with Crippen LogP contribution in [0, 0.1) is 6.92 Å². The highest BCUT2D eigenvalue weighted by Crippen LogP contribution is 2.29. The number of carbonyl (C=O) groups is 2. The van der Waals surface area contributed by atoms with Crippen molar-refractivity contribution < 1.29 is 9.59 Å². The van der Waals surface area contributed by atoms with Crippen LogP contribution in [0.5, 0.6) is 0 Å². The van der Waals surface area contributed by atoms with Gasteiger partial charge in [0.2, 0.25) is 0 Å². The normalized spacial score (nSPS) is 15.7. The van der Waals surface area contributed by atoms with Crippen LogP contribution in [0.3, 0.4) is 0 Å². The van der Waals surface area contributed by atoms with Gasteiger partial charge in [-0.05, 0) is 31.2 Å². The number of halogens is 1. The summed E-state index contributed by atoms with van der Waals surface area (Å²) in [6.07, 6.45) is 3.51. The van der Waals surface area contributed by atoms with Crippen LogP contribution >= 0.6 is 34.3 Å². The molecular formula is C21H22ClN5O2S2. The van der Waals surface area contributed by atoms with E-state index in [2.05, 4.69) is 10.3 Å². The van der Waals surface area contributed by atoms with E-state index in [9.17, 15) is 9.59 Å². The molecule has 31 heavy (non-hydrogen) atoms. The molecule has 1 N–H and O–H groups in total. The molecule has 1 aliphatic heterocycles. The molecule has 0 saturated heterocycles. The molecule has 7 nitrogen and oxygen atoms in total. The number of thiazole rings is 1. The molecule has 1 fully saturated rings. The van der Waals surface area contributed by atoms with E-state index in [0.29, 0.717) is 41.6 Å². The molecule has 0 radical (unpaired) electrons. The second-order valence-corrected chi connectivity index (χ2v) is 10.2. The van der Waals surface area contributed by atoms with Gasteiger partial charge in [0, 0.05) is 48.1 Å². The highest BCUT2D eigenvalue weighted by atomic mass is 35.5. The summed E-state index contributed by atoms with van der Waals surface area (Å²) in [4.78, 5) is 33.8. The molecule has 162 valence electrons. The number of amides is 2. The predicted molar refractivity (Wildman–Crippen MR) is 121 cm³/mol. The van der Waals surface area contributed by atoms with Crippen molar-refractivity contribution in [2.24, 2.45) is 0 Å². The van der Waals surface area contributed by atoms with Gasteiger partial charge in [0.05, 0.1) is 22.8 Å². The van der Waals surface area contributed by atoms with Crippen LogP contribution in [0.4, 0.5) is 0 Å². The fourth-order valence-electron chi connectivity index (χ4n) is 3.88. The first-order valence-electron chi connectivity index (χ1n) is 10.3. The van der Waals surface area contributed by atoms with Gasteiger partial charge in [-0.25, -0.2) is 4.98 Å². The van der Waals surface area contributed by atoms with Crippen LogP contribution in [0.25, 0.3) is 0 Å². The number of nitrogens with one attached hydrogen (secondary N) is 1. The number of hydrogen-bond acceptors (Lipinski definition) is 6. The van der Waals surface area contributed by atoms with Crippen molar-refractivity contribution in [2.45, 2.75) is 51.7 Å². The van der Waals surface area contributed by atoms with E-state index < -0.39 is 0 Å². The zero-order chi connectivity index (χ0) is 21.5. The Morgan fingerprint density at radius 3 is 2.84 bits per heavy atom. The van der Waals surface area contributed by atoms with Gasteiger partial charge in [-0.1, -0.05) is 11.6 Å². The second kappa shape index (κ2) is 8.37. The lowest BCUT2D eigenvalue weighted by Gasteiger charge is -2.27. The monoisotopic (exact) mass is 475 g/mol. The van der Waals surface area contributed by atoms with E-state index in [1.807, 2.05) is 22.5 Å². The lowest BCUT2D eigenvalue weighted by Crippen LogP contribution is -2.37. The number of nitrogens with zero attached hydrogens (tertiary/aromatic N) is 4. The number of thiophene rings is 1. The Morgan fingerprint density at radius 2 is 2.16 bits per heavy atom. The Bertz CT molecular complexity index is 1150. The first-order valence-corrected chi connectivity index (χ1v) is 12.5. The SMILES string of the molecule is Cc1ncsc1CCn1nc(C(=O)NC2CC2)c2c1CCN(C(=O)c1sccc1Cl)C2. The van der Waals surface area contributed by atoms with Gasteiger partial charge in [-0.15, -0.1) is 22.7 Å². The summed E-state index contributed by atoms with van der Waals surface area (Å²) in [5.41, 5.74) is 5.24. The molecule has 4 heterocycles. The number of aryl methyl sites for hydroxylation is 3. The van der Waals surface area contributed by atoms with Gasteiger partial charge in [-0.2, -0.15) is 5.10 Å². The molecule has 0 aromatic carbocycles. The second-order valence-electron chi connectivity index (χ2n) is 7.93. The fourth-order valence-corrected chi connectivity index (χ4v) is 5.75. The van der Waals surface area contributed by atoms with Crippen molar-refractivity contribution in [1.82, 2.24) is 25.0 Å². The summed E-state index contributed by atoms with van der Waals surface area (Å²) in [5.74, 6) is -0.234. The van der Waals surface area contributed by atoms with Crippen LogP contribution in [-0.4, -0.2) is 44.1 Å². The first kappa shape index (κ1) is 20.7. The van der Waals surface area contributed by atoms with Gasteiger partial charge in [0.25, 0.3) is 11.8 Å². The van der Waals surface area contributed by atoms with E-state index in [1.165, 1.54) is 16.2 Å². The van der Waals surface area contributed by atoms with E-state index in [4.69, 9.17) is 16.7 Å². The van der Waals surface area contributed by atoms with Gasteiger partial charge >= 0.3 is 0 Å². The highest BCUT2D eigenvalue weighted by molar-refractivity contribution is 7.12. The summed E-state index contributed by atoms with van der Waals surface area (Å²) < 4.78 is 1.95. The summed E-state index contributed by atoms with van der Waals surface area (Å²) in [6, 6.07) is 1.99. The standard InChI is InChI=1S/C21H22ClN5O2S2/c1-12-17(31-11-23-12)5-8-27-16-4-7-26(21(29)19-15(22)6-9-30-19)10-14(16)18(25-27)20(28)24-13-2-3-13/h6,9,11,13H,2-5,7-8,10H2,1H3,(H,24,28). The molecule has 1 aliphatic carbocycles. The molecule has 0 spiro atoms. The van der Waals surface area contributed by atoms with E-state index in [-0.39, 0.29) is 17.9 Å². The zero-order valence-electron chi connectivity index (χ0n) is 17.1. The number of hydrogen-bond donors (Lipinski definition) is 1. The number of carbonyl (C=O) groups excluding carboxylic acids is 2. The van der Waals surface area contributed by atoms with Crippen LogP contribution in [-0.2, 0) is 25.9 Å². The molecule has 0 bridgehead atoms. The van der Waals surface area contributed by atoms with Crippen molar-refractivity contribution in [3.8, 4) is 0 Å². The van der Waals surface area contributed by atoms with Crippen LogP contribution in [0.1, 0.15) is 54.8 Å². The van der Waals surface area contributed by atoms with Gasteiger partial charge < -0.3 is 10.2 Å². The third-order valence-electron chi connectivity index (χ3n) is 5.76. The third-order valence-corrected chi connectivity index (χ3v) is 8.08. The molecule has 5 rings (SSSR count). The smallest absolute Gasteiger partial charge is 0.272 e. The maximum absolute atomic E-state index is 13.0. The number of fused-ring (bicyclic) bond motifs is 1. The summed E-state index contributed by atoms with van der Waals surface area (Å²) >= 11 is 9.17. The molecule has 3 aromatic rings. The van der Waals surface area contributed by atoms with Crippen molar-refractivity contribution in [3.63, 3.8) is 0 Å². The van der Waals surface area contributed by atoms with Crippen molar-refractivity contribution >= 4 is 46.1 Å². The zero-order valence-corrected chi connectivity index (χ0v) is 19.4. The first-order chi connectivity index (χ1) is 15.0. The molecule has 1 saturated carbocycles. The lowest BCUT2D eigenvalue weighted by molar-refractivity contribution is 0.0735. The largest absolute Gasteiger partial charge is 0.348 e. The van der Waals surface area contributed by atoms with E-state index >= 15 is 0 Å². The van der Waals surface area contributed by atoms with Gasteiger partial charge in [0.15, 0.2) is 5.69 Å². The maximum atomic E-state index is 13.0. The van der Waals surface area contributed by atoms with E-state index in [0.717, 1.165) is 36.2 Å². The minimum absolute atomic E-state index is 0.0905. The van der Waals surface area contributed by atoms with Crippen molar-refractivity contribution in [3.05, 3.63) is 54.4 Å². The minimum Gasteiger partial charge on any atom is -0.348 e. The minimum atomic E-state index is -0.144. The molecule has 0 atom stereocenters. The maximum Gasteiger partial charge on any atom is 0.272 e. The number of aromatic nitrogens is 3. The van der Waals surface area contributed by atoms with Gasteiger partial charge in [-0.3, -0.25) is 14.3 Å². The molecular weight excluding hydrogens is 454 g/mol. The highest BCUT2D eigenvalue weighted by Gasteiger charge is 2.33. The quantitative estimate of drug-likeness (QED) is 0.589. The number of rotatable bonds is 6. The predicted octanol–water partition coefficient (Wildman–Crippen LogP) is 3.70.